The standard InChI is InChI=1S/C44H67N7O8S/c1-2-3-4-5-6-7-8-9-12-21-51-31-36(49-50-51)33-17-18-35-34(30-42(54)59-38(35)28-33)29-41(53)46-20-14-23-57-25-27-58-26-24-56-22-13-19-45-40(52)16-11-10-15-39-43-37(32-60-39)47-44(55)48-43/h17-18,28,30-31,37,39,43H,2-16,19-27,29,32H2,1H3,(H,45,52)(H,46,53)(H2,47,48,55)/t37-,39-,43-/m0/s1. The molecule has 0 unspecified atom stereocenters. The Kier molecular flexibility index (Phi) is 21.2. The van der Waals surface area contributed by atoms with Crippen molar-refractivity contribution in [2.24, 2.45) is 0 Å². The lowest BCUT2D eigenvalue weighted by atomic mass is 10.0. The number of aryl methyl sites for hydroxylation is 1. The summed E-state index contributed by atoms with van der Waals surface area (Å²) in [5.41, 5.74) is 2.03. The Hall–Kier alpha value is -3.99. The van der Waals surface area contributed by atoms with E-state index in [9.17, 15) is 19.2 Å². The van der Waals surface area contributed by atoms with Crippen LogP contribution in [0.3, 0.4) is 0 Å². The number of nitrogens with zero attached hydrogens (tertiary/aromatic N) is 3. The Bertz CT molecular complexity index is 1810. The molecule has 15 nitrogen and oxygen atoms in total. The number of aromatic nitrogens is 3. The van der Waals surface area contributed by atoms with Gasteiger partial charge in [-0.2, -0.15) is 11.8 Å². The number of unbranched alkanes of at least 4 members (excludes halogenated alkanes) is 9. The van der Waals surface area contributed by atoms with Gasteiger partial charge in [-0.3, -0.25) is 14.3 Å². The number of ether oxygens (including phenoxy) is 3. The Morgan fingerprint density at radius 3 is 2.23 bits per heavy atom. The van der Waals surface area contributed by atoms with E-state index in [1.807, 2.05) is 34.8 Å². The average molecular weight is 854 g/mol. The molecule has 5 rings (SSSR count). The molecule has 4 N–H and O–H groups in total. The predicted octanol–water partition coefficient (Wildman–Crippen LogP) is 5.91. The molecule has 16 heteroatoms. The number of hydrogen-bond acceptors (Lipinski definition) is 11. The first-order valence-corrected chi connectivity index (χ1v) is 23.4. The van der Waals surface area contributed by atoms with Crippen LogP contribution in [0.2, 0.25) is 0 Å². The van der Waals surface area contributed by atoms with Crippen LogP contribution in [0.1, 0.15) is 109 Å². The fourth-order valence-electron chi connectivity index (χ4n) is 7.60. The molecule has 3 aromatic rings. The van der Waals surface area contributed by atoms with Gasteiger partial charge >= 0.3 is 11.7 Å². The minimum atomic E-state index is -0.504. The first kappa shape index (κ1) is 47.1. The normalized spacial score (nSPS) is 17.1. The third-order valence-electron chi connectivity index (χ3n) is 10.9. The molecule has 2 aromatic heterocycles. The van der Waals surface area contributed by atoms with Crippen molar-refractivity contribution in [3.8, 4) is 11.3 Å². The van der Waals surface area contributed by atoms with Crippen molar-refractivity contribution in [2.45, 2.75) is 134 Å². The second-order valence-corrected chi connectivity index (χ2v) is 17.1. The molecule has 0 bridgehead atoms. The van der Waals surface area contributed by atoms with Crippen molar-refractivity contribution in [1.82, 2.24) is 36.3 Å². The van der Waals surface area contributed by atoms with Crippen LogP contribution in [-0.2, 0) is 36.8 Å². The third-order valence-corrected chi connectivity index (χ3v) is 12.4. The summed E-state index contributed by atoms with van der Waals surface area (Å²) in [5.74, 6) is 0.841. The van der Waals surface area contributed by atoms with Crippen molar-refractivity contribution in [1.29, 1.82) is 0 Å². The topological polar surface area (TPSA) is 188 Å². The number of amides is 4. The molecule has 60 heavy (non-hydrogen) atoms. The first-order valence-electron chi connectivity index (χ1n) is 22.3. The Balaban J connectivity index is 0.832. The van der Waals surface area contributed by atoms with Crippen LogP contribution < -0.4 is 26.9 Å². The van der Waals surface area contributed by atoms with E-state index < -0.39 is 5.63 Å². The Morgan fingerprint density at radius 1 is 0.817 bits per heavy atom. The second-order valence-electron chi connectivity index (χ2n) is 15.8. The van der Waals surface area contributed by atoms with Crippen LogP contribution in [0.15, 0.2) is 39.7 Å². The number of benzene rings is 1. The SMILES string of the molecule is CCCCCCCCCCCn1cc(-c2ccc3c(CC(=O)NCCCOCCOCCOCCCNC(=O)CCCC[C@@H]4SC[C@@H]5NC(=O)N[C@@H]54)cc(=O)oc3c2)nn1. The van der Waals surface area contributed by atoms with Gasteiger partial charge < -0.3 is 39.9 Å². The molecule has 332 valence electrons. The lowest BCUT2D eigenvalue weighted by Gasteiger charge is -2.16. The fourth-order valence-corrected chi connectivity index (χ4v) is 9.15. The third kappa shape index (κ3) is 16.8. The van der Waals surface area contributed by atoms with Crippen molar-refractivity contribution in [3.63, 3.8) is 0 Å². The monoisotopic (exact) mass is 853 g/mol. The molecule has 2 aliphatic rings. The number of thioether (sulfide) groups is 1. The van der Waals surface area contributed by atoms with E-state index in [1.54, 1.807) is 6.07 Å². The summed E-state index contributed by atoms with van der Waals surface area (Å²) in [6, 6.07) is 7.35. The number of carbonyl (C=O) groups is 3. The van der Waals surface area contributed by atoms with Gasteiger partial charge in [0.05, 0.1) is 51.1 Å². The van der Waals surface area contributed by atoms with E-state index in [0.29, 0.717) is 93.0 Å². The molecule has 2 saturated heterocycles. The van der Waals surface area contributed by atoms with Crippen LogP contribution in [0, 0.1) is 0 Å². The molecule has 0 saturated carbocycles. The fraction of sp³-hybridized carbons (Fsp3) is 0.682. The van der Waals surface area contributed by atoms with Crippen molar-refractivity contribution in [3.05, 3.63) is 46.4 Å². The summed E-state index contributed by atoms with van der Waals surface area (Å²) in [4.78, 5) is 48.8. The Labute approximate surface area is 358 Å². The molecule has 2 fully saturated rings. The van der Waals surface area contributed by atoms with Gasteiger partial charge in [-0.15, -0.1) is 5.10 Å². The quantitative estimate of drug-likeness (QED) is 0.0332. The van der Waals surface area contributed by atoms with Crippen LogP contribution in [-0.4, -0.2) is 109 Å². The zero-order valence-corrected chi connectivity index (χ0v) is 36.3. The zero-order chi connectivity index (χ0) is 42.2. The number of hydrogen-bond donors (Lipinski definition) is 4. The largest absolute Gasteiger partial charge is 0.423 e. The highest BCUT2D eigenvalue weighted by atomic mass is 32.2. The average Bonchev–Trinajstić information content (AvgIpc) is 3.96. The van der Waals surface area contributed by atoms with E-state index in [-0.39, 0.29) is 36.3 Å². The van der Waals surface area contributed by atoms with Crippen LogP contribution >= 0.6 is 11.8 Å². The summed E-state index contributed by atoms with van der Waals surface area (Å²) in [7, 11) is 0. The molecule has 4 heterocycles. The van der Waals surface area contributed by atoms with Crippen LogP contribution in [0.4, 0.5) is 4.79 Å². The highest BCUT2D eigenvalue weighted by Crippen LogP contribution is 2.33. The Morgan fingerprint density at radius 2 is 1.50 bits per heavy atom. The smallest absolute Gasteiger partial charge is 0.336 e. The number of fused-ring (bicyclic) bond motifs is 2. The summed E-state index contributed by atoms with van der Waals surface area (Å²) in [5, 5.41) is 21.6. The molecule has 3 atom stereocenters. The number of rotatable bonds is 32. The van der Waals surface area contributed by atoms with Gasteiger partial charge in [0.2, 0.25) is 11.8 Å². The minimum absolute atomic E-state index is 0.0606. The maximum absolute atomic E-state index is 12.8. The summed E-state index contributed by atoms with van der Waals surface area (Å²) in [6.07, 6.45) is 18.1. The van der Waals surface area contributed by atoms with Crippen LogP contribution in [0.25, 0.3) is 22.2 Å². The van der Waals surface area contributed by atoms with Gasteiger partial charge in [0, 0.05) is 67.3 Å². The number of carbonyl (C=O) groups excluding carboxylic acids is 3. The summed E-state index contributed by atoms with van der Waals surface area (Å²) < 4.78 is 24.2. The maximum Gasteiger partial charge on any atom is 0.336 e. The molecular formula is C44H67N7O8S. The lowest BCUT2D eigenvalue weighted by Crippen LogP contribution is -2.36. The minimum Gasteiger partial charge on any atom is -0.423 e. The number of urea groups is 1. The van der Waals surface area contributed by atoms with Gasteiger partial charge in [-0.05, 0) is 43.7 Å². The van der Waals surface area contributed by atoms with E-state index in [1.165, 1.54) is 57.4 Å². The predicted molar refractivity (Wildman–Crippen MR) is 234 cm³/mol. The highest BCUT2D eigenvalue weighted by Gasteiger charge is 2.42. The van der Waals surface area contributed by atoms with Crippen molar-refractivity contribution >= 4 is 40.6 Å². The summed E-state index contributed by atoms with van der Waals surface area (Å²) >= 11 is 1.90. The molecule has 4 amide bonds. The van der Waals surface area contributed by atoms with Gasteiger partial charge in [-0.25, -0.2) is 9.59 Å². The van der Waals surface area contributed by atoms with E-state index in [2.05, 4.69) is 38.5 Å². The van der Waals surface area contributed by atoms with Gasteiger partial charge in [-0.1, -0.05) is 82.1 Å². The van der Waals surface area contributed by atoms with Crippen LogP contribution in [0.5, 0.6) is 0 Å². The van der Waals surface area contributed by atoms with E-state index in [0.717, 1.165) is 50.0 Å². The van der Waals surface area contributed by atoms with Crippen molar-refractivity contribution in [2.75, 3.05) is 58.5 Å². The first-order chi connectivity index (χ1) is 29.4. The molecule has 0 spiro atoms. The molecular weight excluding hydrogens is 787 g/mol. The summed E-state index contributed by atoms with van der Waals surface area (Å²) in [6.45, 7) is 6.95. The number of nitrogens with one attached hydrogen (secondary N) is 4. The van der Waals surface area contributed by atoms with Gasteiger partial charge in [0.1, 0.15) is 11.3 Å². The van der Waals surface area contributed by atoms with E-state index in [4.69, 9.17) is 18.6 Å². The second kappa shape index (κ2) is 27.1. The zero-order valence-electron chi connectivity index (χ0n) is 35.5. The molecule has 0 radical (unpaired) electrons. The highest BCUT2D eigenvalue weighted by molar-refractivity contribution is 8.00. The maximum atomic E-state index is 12.8. The molecule has 1 aromatic carbocycles. The van der Waals surface area contributed by atoms with Gasteiger partial charge in [0.15, 0.2) is 0 Å². The van der Waals surface area contributed by atoms with Crippen molar-refractivity contribution < 1.29 is 33.0 Å². The van der Waals surface area contributed by atoms with Gasteiger partial charge in [0.25, 0.3) is 0 Å². The molecule has 2 aliphatic heterocycles. The molecule has 0 aliphatic carbocycles. The lowest BCUT2D eigenvalue weighted by molar-refractivity contribution is -0.121. The van der Waals surface area contributed by atoms with E-state index >= 15 is 0 Å².